The molecule has 3 aromatic rings. The Labute approximate surface area is 139 Å². The van der Waals surface area contributed by atoms with Gasteiger partial charge in [0.05, 0.1) is 18.1 Å². The molecule has 2 N–H and O–H groups in total. The number of anilines is 2. The Hall–Kier alpha value is -2.48. The van der Waals surface area contributed by atoms with Gasteiger partial charge in [-0.1, -0.05) is 6.42 Å². The van der Waals surface area contributed by atoms with E-state index >= 15 is 0 Å². The van der Waals surface area contributed by atoms with Crippen molar-refractivity contribution in [1.29, 1.82) is 0 Å². The van der Waals surface area contributed by atoms with Crippen molar-refractivity contribution in [2.45, 2.75) is 38.1 Å². The molecular weight excluding hydrogens is 306 g/mol. The zero-order valence-electron chi connectivity index (χ0n) is 13.7. The van der Waals surface area contributed by atoms with Crippen molar-refractivity contribution in [1.82, 2.24) is 29.9 Å². The smallest absolute Gasteiger partial charge is 0.160 e. The van der Waals surface area contributed by atoms with Crippen molar-refractivity contribution in [3.8, 4) is 0 Å². The summed E-state index contributed by atoms with van der Waals surface area (Å²) in [5.41, 5.74) is 2.58. The van der Waals surface area contributed by atoms with E-state index in [0.29, 0.717) is 5.92 Å². The van der Waals surface area contributed by atoms with Gasteiger partial charge >= 0.3 is 0 Å². The molecule has 8 nitrogen and oxygen atoms in total. The summed E-state index contributed by atoms with van der Waals surface area (Å²) in [7, 11) is 1.71. The van der Waals surface area contributed by atoms with E-state index < -0.39 is 0 Å². The van der Waals surface area contributed by atoms with Crippen LogP contribution in [0.15, 0.2) is 18.6 Å². The predicted octanol–water partition coefficient (Wildman–Crippen LogP) is 2.60. The Morgan fingerprint density at radius 3 is 3.04 bits per heavy atom. The average molecular weight is 327 g/mol. The van der Waals surface area contributed by atoms with E-state index in [2.05, 4.69) is 25.6 Å². The average Bonchev–Trinajstić information content (AvgIpc) is 3.15. The topological polar surface area (TPSA) is 93.5 Å². The summed E-state index contributed by atoms with van der Waals surface area (Å²) in [5, 5.41) is 14.8. The van der Waals surface area contributed by atoms with Crippen LogP contribution in [-0.2, 0) is 11.3 Å². The van der Waals surface area contributed by atoms with E-state index in [9.17, 15) is 0 Å². The zero-order valence-corrected chi connectivity index (χ0v) is 13.7. The van der Waals surface area contributed by atoms with E-state index in [1.165, 1.54) is 19.3 Å². The number of H-pyrrole nitrogens is 1. The molecule has 3 aromatic heterocycles. The number of aryl methyl sites for hydroxylation is 1. The molecule has 0 spiro atoms. The lowest BCUT2D eigenvalue weighted by Gasteiger charge is -2.24. The van der Waals surface area contributed by atoms with E-state index in [4.69, 9.17) is 9.72 Å². The minimum Gasteiger partial charge on any atom is -0.385 e. The van der Waals surface area contributed by atoms with Crippen LogP contribution in [0.1, 0.15) is 37.4 Å². The molecule has 0 aliphatic heterocycles. The molecule has 8 heteroatoms. The number of hydrogen-bond donors (Lipinski definition) is 2. The normalized spacial score (nSPS) is 14.9. The van der Waals surface area contributed by atoms with Gasteiger partial charge < -0.3 is 10.1 Å². The Bertz CT molecular complexity index is 821. The number of ether oxygens (including phenoxy) is 1. The molecule has 0 radical (unpaired) electrons. The van der Waals surface area contributed by atoms with Gasteiger partial charge in [0.25, 0.3) is 0 Å². The van der Waals surface area contributed by atoms with Crippen LogP contribution in [0.25, 0.3) is 11.0 Å². The first kappa shape index (κ1) is 15.1. The highest BCUT2D eigenvalue weighted by molar-refractivity contribution is 5.86. The maximum Gasteiger partial charge on any atom is 0.160 e. The van der Waals surface area contributed by atoms with Crippen LogP contribution in [0.4, 0.5) is 11.5 Å². The summed E-state index contributed by atoms with van der Waals surface area (Å²) in [6.45, 7) is 1.56. The number of aromatic nitrogens is 6. The molecule has 24 heavy (non-hydrogen) atoms. The molecule has 3 heterocycles. The fourth-order valence-corrected chi connectivity index (χ4v) is 2.86. The second kappa shape index (κ2) is 6.56. The number of fused-ring (bicyclic) bond motifs is 1. The quantitative estimate of drug-likeness (QED) is 0.648. The molecule has 4 rings (SSSR count). The molecular formula is C16H21N7O. The zero-order chi connectivity index (χ0) is 16.4. The van der Waals surface area contributed by atoms with Gasteiger partial charge in [0.2, 0.25) is 0 Å². The van der Waals surface area contributed by atoms with Crippen LogP contribution < -0.4 is 5.32 Å². The van der Waals surface area contributed by atoms with Gasteiger partial charge in [-0.05, 0) is 19.3 Å². The van der Waals surface area contributed by atoms with E-state index in [1.54, 1.807) is 19.5 Å². The van der Waals surface area contributed by atoms with Crippen LogP contribution in [0.3, 0.4) is 0 Å². The number of aromatic amines is 1. The van der Waals surface area contributed by atoms with Crippen molar-refractivity contribution in [3.05, 3.63) is 24.4 Å². The minimum atomic E-state index is 0.474. The maximum atomic E-state index is 5.07. The molecule has 0 atom stereocenters. The number of rotatable bonds is 7. The largest absolute Gasteiger partial charge is 0.385 e. The van der Waals surface area contributed by atoms with Crippen LogP contribution in [0.2, 0.25) is 0 Å². The van der Waals surface area contributed by atoms with Gasteiger partial charge in [-0.2, -0.15) is 10.2 Å². The Morgan fingerprint density at radius 1 is 1.33 bits per heavy atom. The van der Waals surface area contributed by atoms with Crippen LogP contribution in [0.5, 0.6) is 0 Å². The number of methoxy groups -OCH3 is 1. The van der Waals surface area contributed by atoms with Gasteiger partial charge in [0.1, 0.15) is 16.9 Å². The maximum absolute atomic E-state index is 5.07. The molecule has 1 saturated carbocycles. The molecule has 0 bridgehead atoms. The number of hydrogen-bond acceptors (Lipinski definition) is 6. The molecule has 1 aliphatic carbocycles. The number of nitrogens with zero attached hydrogens (tertiary/aromatic N) is 5. The van der Waals surface area contributed by atoms with Crippen molar-refractivity contribution in [2.75, 3.05) is 19.0 Å². The first-order valence-corrected chi connectivity index (χ1v) is 8.33. The van der Waals surface area contributed by atoms with Crippen molar-refractivity contribution >= 4 is 22.5 Å². The molecule has 0 aromatic carbocycles. The van der Waals surface area contributed by atoms with Gasteiger partial charge in [0, 0.05) is 32.4 Å². The van der Waals surface area contributed by atoms with Gasteiger partial charge in [-0.15, -0.1) is 0 Å². The highest BCUT2D eigenvalue weighted by atomic mass is 16.5. The minimum absolute atomic E-state index is 0.474. The molecule has 1 fully saturated rings. The fourth-order valence-electron chi connectivity index (χ4n) is 2.86. The van der Waals surface area contributed by atoms with Crippen molar-refractivity contribution < 1.29 is 4.74 Å². The summed E-state index contributed by atoms with van der Waals surface area (Å²) in [5.74, 6) is 2.14. The lowest BCUT2D eigenvalue weighted by Crippen LogP contribution is -2.13. The lowest BCUT2D eigenvalue weighted by molar-refractivity contribution is 0.189. The third-order valence-electron chi connectivity index (χ3n) is 4.42. The third kappa shape index (κ3) is 2.96. The first-order chi connectivity index (χ1) is 11.8. The first-order valence-electron chi connectivity index (χ1n) is 8.33. The second-order valence-corrected chi connectivity index (χ2v) is 6.15. The highest BCUT2D eigenvalue weighted by Crippen LogP contribution is 2.36. The lowest BCUT2D eigenvalue weighted by atomic mass is 9.85. The summed E-state index contributed by atoms with van der Waals surface area (Å²) < 4.78 is 6.97. The SMILES string of the molecule is COCCCn1cc(Nc2nc(C3CCC3)nc3cn[nH]c23)cn1. The summed E-state index contributed by atoms with van der Waals surface area (Å²) in [6, 6.07) is 0. The number of nitrogens with one attached hydrogen (secondary N) is 2. The molecule has 1 aliphatic rings. The standard InChI is InChI=1S/C16H21N7O/c1-24-7-3-6-23-10-12(8-18-23)19-16-14-13(9-17-22-14)20-15(21-16)11-4-2-5-11/h8-11H,2-7H2,1H3,(H,17,22)(H,19,20,21). The Kier molecular flexibility index (Phi) is 4.12. The van der Waals surface area contributed by atoms with Crippen LogP contribution in [-0.4, -0.2) is 43.7 Å². The van der Waals surface area contributed by atoms with Gasteiger partial charge in [-0.25, -0.2) is 9.97 Å². The molecule has 0 amide bonds. The Morgan fingerprint density at radius 2 is 2.25 bits per heavy atom. The molecule has 0 saturated heterocycles. The van der Waals surface area contributed by atoms with Crippen LogP contribution >= 0.6 is 0 Å². The van der Waals surface area contributed by atoms with Crippen molar-refractivity contribution in [3.63, 3.8) is 0 Å². The second-order valence-electron chi connectivity index (χ2n) is 6.15. The van der Waals surface area contributed by atoms with E-state index in [0.717, 1.165) is 47.9 Å². The van der Waals surface area contributed by atoms with Gasteiger partial charge in [-0.3, -0.25) is 9.78 Å². The molecule has 126 valence electrons. The van der Waals surface area contributed by atoms with Crippen molar-refractivity contribution in [2.24, 2.45) is 0 Å². The summed E-state index contributed by atoms with van der Waals surface area (Å²) in [4.78, 5) is 9.36. The summed E-state index contributed by atoms with van der Waals surface area (Å²) in [6.07, 6.45) is 10.1. The van der Waals surface area contributed by atoms with Crippen LogP contribution in [0, 0.1) is 0 Å². The van der Waals surface area contributed by atoms with E-state index in [-0.39, 0.29) is 0 Å². The van der Waals surface area contributed by atoms with E-state index in [1.807, 2.05) is 10.9 Å². The fraction of sp³-hybridized carbons (Fsp3) is 0.500. The predicted molar refractivity (Wildman–Crippen MR) is 90.3 cm³/mol. The monoisotopic (exact) mass is 327 g/mol. The van der Waals surface area contributed by atoms with Gasteiger partial charge in [0.15, 0.2) is 5.82 Å². The molecule has 0 unspecified atom stereocenters. The summed E-state index contributed by atoms with van der Waals surface area (Å²) >= 11 is 0. The highest BCUT2D eigenvalue weighted by Gasteiger charge is 2.24. The third-order valence-corrected chi connectivity index (χ3v) is 4.42. The Balaban J connectivity index is 1.56.